The van der Waals surface area contributed by atoms with Gasteiger partial charge in [0.2, 0.25) is 0 Å². The summed E-state index contributed by atoms with van der Waals surface area (Å²) in [7, 11) is -4.63. The number of rotatable bonds is 33. The van der Waals surface area contributed by atoms with Crippen LogP contribution in [0.4, 0.5) is 0 Å². The Balaban J connectivity index is 4.51. The van der Waals surface area contributed by atoms with Crippen molar-refractivity contribution in [2.75, 3.05) is 26.4 Å². The SMILES string of the molecule is CC/C=C/C=C/C=C/C=C/CCCCCC(=O)OC(COC(=O)CCCCC/C=C/CCCCCCCC)COP(=O)(O)OC[C@@H](O)CO. The molecule has 0 aliphatic carbocycles. The highest BCUT2D eigenvalue weighted by molar-refractivity contribution is 7.47. The van der Waals surface area contributed by atoms with Gasteiger partial charge in [0, 0.05) is 12.8 Å². The molecule has 0 rings (SSSR count). The summed E-state index contributed by atoms with van der Waals surface area (Å²) in [4.78, 5) is 34.7. The van der Waals surface area contributed by atoms with Crippen molar-refractivity contribution >= 4 is 19.8 Å². The lowest BCUT2D eigenvalue weighted by molar-refractivity contribution is -0.161. The van der Waals surface area contributed by atoms with Crippen molar-refractivity contribution in [2.45, 2.75) is 142 Å². The molecule has 0 heterocycles. The Kier molecular flexibility index (Phi) is 32.5. The molecule has 0 aliphatic heterocycles. The van der Waals surface area contributed by atoms with Crippen molar-refractivity contribution in [3.63, 3.8) is 0 Å². The summed E-state index contributed by atoms with van der Waals surface area (Å²) in [5, 5.41) is 18.2. The maximum Gasteiger partial charge on any atom is 0.472 e. The van der Waals surface area contributed by atoms with Crippen LogP contribution in [0.25, 0.3) is 0 Å². The summed E-state index contributed by atoms with van der Waals surface area (Å²) in [5.74, 6) is -0.998. The van der Waals surface area contributed by atoms with E-state index in [1.165, 1.54) is 38.5 Å². The minimum atomic E-state index is -4.63. The summed E-state index contributed by atoms with van der Waals surface area (Å²) in [6.07, 6.45) is 34.9. The lowest BCUT2D eigenvalue weighted by Gasteiger charge is -2.20. The molecule has 2 unspecified atom stereocenters. The van der Waals surface area contributed by atoms with Crippen LogP contribution in [-0.4, -0.2) is 65.7 Å². The predicted molar refractivity (Wildman–Crippen MR) is 196 cm³/mol. The first-order valence-corrected chi connectivity index (χ1v) is 19.8. The Hall–Kier alpha value is -2.33. The molecular weight excluding hydrogens is 647 g/mol. The number of phosphoric acid groups is 1. The minimum Gasteiger partial charge on any atom is -0.462 e. The average Bonchev–Trinajstić information content (AvgIpc) is 3.09. The van der Waals surface area contributed by atoms with Crippen LogP contribution in [0.1, 0.15) is 129 Å². The van der Waals surface area contributed by atoms with E-state index in [0.29, 0.717) is 12.8 Å². The van der Waals surface area contributed by atoms with Crippen LogP contribution in [0.15, 0.2) is 60.8 Å². The van der Waals surface area contributed by atoms with E-state index in [1.807, 2.05) is 36.5 Å². The van der Waals surface area contributed by atoms with E-state index in [0.717, 1.165) is 51.4 Å². The van der Waals surface area contributed by atoms with Gasteiger partial charge in [-0.15, -0.1) is 0 Å². The van der Waals surface area contributed by atoms with Gasteiger partial charge in [-0.25, -0.2) is 4.57 Å². The summed E-state index contributed by atoms with van der Waals surface area (Å²) in [6, 6.07) is 0. The summed E-state index contributed by atoms with van der Waals surface area (Å²) in [5.41, 5.74) is 0. The van der Waals surface area contributed by atoms with Crippen LogP contribution >= 0.6 is 7.82 Å². The fourth-order valence-corrected chi connectivity index (χ4v) is 5.20. The van der Waals surface area contributed by atoms with Gasteiger partial charge in [-0.1, -0.05) is 120 Å². The summed E-state index contributed by atoms with van der Waals surface area (Å²) in [6.45, 7) is 2.13. The minimum absolute atomic E-state index is 0.132. The molecular formula is C38H65O10P. The molecule has 0 spiro atoms. The van der Waals surface area contributed by atoms with Crippen LogP contribution in [0.5, 0.6) is 0 Å². The molecule has 282 valence electrons. The molecule has 10 nitrogen and oxygen atoms in total. The normalized spacial score (nSPS) is 14.8. The number of hydrogen-bond acceptors (Lipinski definition) is 9. The molecule has 0 amide bonds. The summed E-state index contributed by atoms with van der Waals surface area (Å²) < 4.78 is 32.5. The molecule has 0 saturated carbocycles. The number of allylic oxidation sites excluding steroid dienone is 10. The lowest BCUT2D eigenvalue weighted by atomic mass is 10.1. The number of carbonyl (C=O) groups excluding carboxylic acids is 2. The van der Waals surface area contributed by atoms with Crippen LogP contribution in [0.3, 0.4) is 0 Å². The highest BCUT2D eigenvalue weighted by Crippen LogP contribution is 2.43. The van der Waals surface area contributed by atoms with E-state index >= 15 is 0 Å². The van der Waals surface area contributed by atoms with E-state index in [-0.39, 0.29) is 19.4 Å². The van der Waals surface area contributed by atoms with Crippen LogP contribution in [-0.2, 0) is 32.7 Å². The van der Waals surface area contributed by atoms with Gasteiger partial charge in [-0.2, -0.15) is 0 Å². The molecule has 11 heteroatoms. The van der Waals surface area contributed by atoms with Crippen molar-refractivity contribution in [1.29, 1.82) is 0 Å². The highest BCUT2D eigenvalue weighted by atomic mass is 31.2. The van der Waals surface area contributed by atoms with Gasteiger partial charge in [0.05, 0.1) is 19.8 Å². The lowest BCUT2D eigenvalue weighted by Crippen LogP contribution is -2.29. The zero-order chi connectivity index (χ0) is 36.3. The number of esters is 2. The Labute approximate surface area is 296 Å². The van der Waals surface area contributed by atoms with Gasteiger partial charge in [0.25, 0.3) is 0 Å². The second-order valence-electron chi connectivity index (χ2n) is 12.0. The average molecular weight is 713 g/mol. The monoisotopic (exact) mass is 712 g/mol. The molecule has 0 saturated heterocycles. The van der Waals surface area contributed by atoms with E-state index in [1.54, 1.807) is 0 Å². The standard InChI is InChI=1S/C38H65O10P/c1-3-5-7-9-11-13-15-17-19-21-23-25-27-29-37(41)45-33-36(34-47-49(43,44)46-32-35(40)31-39)48-38(42)30-28-26-24-22-20-18-16-14-12-10-8-6-4-2/h6,8,10,12,14,16-20,35-36,39-40H,3-5,7,9,11,13,15,21-34H2,1-2H3,(H,43,44)/b8-6+,12-10+,16-14+,19-17+,20-18+/t35-,36?/m0/s1. The van der Waals surface area contributed by atoms with E-state index in [4.69, 9.17) is 19.1 Å². The van der Waals surface area contributed by atoms with Gasteiger partial charge in [-0.05, 0) is 57.8 Å². The fourth-order valence-electron chi connectivity index (χ4n) is 4.41. The Morgan fingerprint density at radius 2 is 1.14 bits per heavy atom. The molecule has 0 aliphatic rings. The zero-order valence-electron chi connectivity index (χ0n) is 30.1. The molecule has 0 radical (unpaired) electrons. The van der Waals surface area contributed by atoms with Crippen LogP contribution in [0, 0.1) is 0 Å². The maximum atomic E-state index is 12.5. The third kappa shape index (κ3) is 33.9. The van der Waals surface area contributed by atoms with E-state index in [9.17, 15) is 24.2 Å². The van der Waals surface area contributed by atoms with Gasteiger partial charge in [0.15, 0.2) is 6.10 Å². The quantitative estimate of drug-likeness (QED) is 0.0198. The molecule has 0 aromatic heterocycles. The smallest absolute Gasteiger partial charge is 0.462 e. The number of phosphoric ester groups is 1. The second-order valence-corrected chi connectivity index (χ2v) is 13.4. The van der Waals surface area contributed by atoms with Crippen molar-refractivity contribution < 1.29 is 47.8 Å². The molecule has 3 atom stereocenters. The number of aliphatic hydroxyl groups is 2. The van der Waals surface area contributed by atoms with Crippen molar-refractivity contribution in [2.24, 2.45) is 0 Å². The topological polar surface area (TPSA) is 149 Å². The van der Waals surface area contributed by atoms with Gasteiger partial charge in [0.1, 0.15) is 12.7 Å². The predicted octanol–water partition coefficient (Wildman–Crippen LogP) is 8.77. The number of aliphatic hydroxyl groups excluding tert-OH is 2. The zero-order valence-corrected chi connectivity index (χ0v) is 31.0. The Morgan fingerprint density at radius 3 is 1.76 bits per heavy atom. The molecule has 0 fully saturated rings. The number of hydrogen-bond donors (Lipinski definition) is 3. The molecule has 3 N–H and O–H groups in total. The van der Waals surface area contributed by atoms with Gasteiger partial charge in [-0.3, -0.25) is 18.6 Å². The van der Waals surface area contributed by atoms with Crippen molar-refractivity contribution in [3.05, 3.63) is 60.8 Å². The first-order chi connectivity index (χ1) is 23.7. The van der Waals surface area contributed by atoms with Crippen molar-refractivity contribution in [1.82, 2.24) is 0 Å². The largest absolute Gasteiger partial charge is 0.472 e. The highest BCUT2D eigenvalue weighted by Gasteiger charge is 2.27. The second kappa shape index (κ2) is 34.1. The molecule has 49 heavy (non-hydrogen) atoms. The number of unbranched alkanes of at least 4 members (excludes halogenated alkanes) is 12. The van der Waals surface area contributed by atoms with Gasteiger partial charge >= 0.3 is 19.8 Å². The Bertz CT molecular complexity index is 1000. The number of ether oxygens (including phenoxy) is 2. The van der Waals surface area contributed by atoms with Gasteiger partial charge < -0.3 is 24.6 Å². The fraction of sp³-hybridized carbons (Fsp3) is 0.684. The summed E-state index contributed by atoms with van der Waals surface area (Å²) >= 11 is 0. The van der Waals surface area contributed by atoms with Crippen LogP contribution < -0.4 is 0 Å². The first-order valence-electron chi connectivity index (χ1n) is 18.3. The molecule has 0 aromatic rings. The third-order valence-corrected chi connectivity index (χ3v) is 8.20. The van der Waals surface area contributed by atoms with Crippen molar-refractivity contribution in [3.8, 4) is 0 Å². The third-order valence-electron chi connectivity index (χ3n) is 7.25. The molecule has 0 bridgehead atoms. The van der Waals surface area contributed by atoms with E-state index < -0.39 is 51.8 Å². The first kappa shape index (κ1) is 46.7. The van der Waals surface area contributed by atoms with Crippen LogP contribution in [0.2, 0.25) is 0 Å². The molecule has 0 aromatic carbocycles. The van der Waals surface area contributed by atoms with E-state index in [2.05, 4.69) is 42.7 Å². The number of carbonyl (C=O) groups is 2. The maximum absolute atomic E-state index is 12.5. The Morgan fingerprint density at radius 1 is 0.633 bits per heavy atom.